The van der Waals surface area contributed by atoms with Crippen molar-refractivity contribution >= 4 is 40.1 Å². The van der Waals surface area contributed by atoms with Crippen molar-refractivity contribution < 1.29 is 4.79 Å². The molecule has 7 nitrogen and oxygen atoms in total. The number of rotatable bonds is 9. The molecule has 0 aliphatic heterocycles. The lowest BCUT2D eigenvalue weighted by Gasteiger charge is -2.32. The van der Waals surface area contributed by atoms with Crippen LogP contribution in [0.15, 0.2) is 59.4 Å². The predicted molar refractivity (Wildman–Crippen MR) is 148 cm³/mol. The molecule has 2 aromatic heterocycles. The molecule has 0 fully saturated rings. The average Bonchev–Trinajstić information content (AvgIpc) is 3.25. The van der Waals surface area contributed by atoms with Crippen LogP contribution in [0.2, 0.25) is 0 Å². The van der Waals surface area contributed by atoms with Crippen molar-refractivity contribution in [2.45, 2.75) is 46.2 Å². The fourth-order valence-electron chi connectivity index (χ4n) is 4.28. The van der Waals surface area contributed by atoms with E-state index in [9.17, 15) is 9.59 Å². The minimum Gasteiger partial charge on any atom is -0.330 e. The topological polar surface area (TPSA) is 94.1 Å². The van der Waals surface area contributed by atoms with E-state index >= 15 is 0 Å². The maximum Gasteiger partial charge on any atom is 0.273 e. The number of nitrogens with two attached hydrogens (primary N) is 1. The summed E-state index contributed by atoms with van der Waals surface area (Å²) in [5.74, 6) is 0.487. The van der Waals surface area contributed by atoms with E-state index in [1.54, 1.807) is 4.57 Å². The second kappa shape index (κ2) is 12.3. The first-order valence-electron chi connectivity index (χ1n) is 11.9. The van der Waals surface area contributed by atoms with Gasteiger partial charge in [0.1, 0.15) is 16.0 Å². The molecule has 190 valence electrons. The summed E-state index contributed by atoms with van der Waals surface area (Å²) in [7, 11) is 0. The van der Waals surface area contributed by atoms with Crippen LogP contribution in [-0.4, -0.2) is 37.8 Å². The summed E-state index contributed by atoms with van der Waals surface area (Å²) in [4.78, 5) is 34.2. The van der Waals surface area contributed by atoms with E-state index in [4.69, 9.17) is 10.7 Å². The van der Waals surface area contributed by atoms with E-state index < -0.39 is 6.04 Å². The maximum absolute atomic E-state index is 13.7. The van der Waals surface area contributed by atoms with Gasteiger partial charge in [0.05, 0.1) is 18.3 Å². The van der Waals surface area contributed by atoms with Gasteiger partial charge in [-0.2, -0.15) is 4.37 Å². The summed E-state index contributed by atoms with van der Waals surface area (Å²) >= 11 is 1.18. The molecule has 0 spiro atoms. The molecule has 0 aliphatic carbocycles. The van der Waals surface area contributed by atoms with Crippen LogP contribution in [0.3, 0.4) is 0 Å². The summed E-state index contributed by atoms with van der Waals surface area (Å²) in [5, 5.41) is 0. The van der Waals surface area contributed by atoms with Crippen molar-refractivity contribution in [3.05, 3.63) is 93.2 Å². The van der Waals surface area contributed by atoms with Crippen molar-refractivity contribution in [2.24, 2.45) is 5.73 Å². The van der Waals surface area contributed by atoms with Crippen LogP contribution in [0.4, 0.5) is 0 Å². The first-order chi connectivity index (χ1) is 16.9. The summed E-state index contributed by atoms with van der Waals surface area (Å²) < 4.78 is 6.63. The lowest BCUT2D eigenvalue weighted by Crippen LogP contribution is -2.40. The Morgan fingerprint density at radius 3 is 2.44 bits per heavy atom. The molecule has 4 aromatic rings. The molecule has 1 unspecified atom stereocenters. The third-order valence-corrected chi connectivity index (χ3v) is 7.10. The molecule has 0 bridgehead atoms. The minimum absolute atomic E-state index is 0. The van der Waals surface area contributed by atoms with E-state index in [-0.39, 0.29) is 23.9 Å². The fourth-order valence-corrected chi connectivity index (χ4v) is 5.06. The molecule has 1 atom stereocenters. The molecule has 2 aromatic carbocycles. The fraction of sp³-hybridized carbons (Fsp3) is 0.333. The number of halogens is 1. The highest BCUT2D eigenvalue weighted by Crippen LogP contribution is 2.28. The Hall–Kier alpha value is -3.07. The molecule has 0 aliphatic rings. The van der Waals surface area contributed by atoms with Crippen molar-refractivity contribution in [3.63, 3.8) is 0 Å². The van der Waals surface area contributed by atoms with Crippen LogP contribution in [0.1, 0.15) is 58.8 Å². The lowest BCUT2D eigenvalue weighted by molar-refractivity contribution is 0.0656. The monoisotopic (exact) mass is 525 g/mol. The van der Waals surface area contributed by atoms with Gasteiger partial charge in [0.2, 0.25) is 0 Å². The van der Waals surface area contributed by atoms with Gasteiger partial charge in [-0.1, -0.05) is 55.0 Å². The standard InChI is InChI=1S/C27H31N5O2S.ClH/c1-4-22(31(16-8-15-28)26(33)21-13-11-18(2)12-14-21)25-29-23-19(3)30-35-24(23)27(34)32(25)17-20-9-6-5-7-10-20;/h5-7,9-14,22H,4,8,15-17,28H2,1-3H3;1H. The van der Waals surface area contributed by atoms with Gasteiger partial charge in [-0.05, 0) is 62.5 Å². The number of nitrogens with zero attached hydrogens (tertiary/aromatic N) is 4. The molecule has 36 heavy (non-hydrogen) atoms. The number of aryl methyl sites for hydroxylation is 2. The lowest BCUT2D eigenvalue weighted by atomic mass is 10.1. The largest absolute Gasteiger partial charge is 0.330 e. The molecular weight excluding hydrogens is 494 g/mol. The van der Waals surface area contributed by atoms with E-state index in [1.165, 1.54) is 11.5 Å². The second-order valence-corrected chi connectivity index (χ2v) is 9.50. The van der Waals surface area contributed by atoms with E-state index in [1.807, 2.05) is 80.3 Å². The number of aromatic nitrogens is 3. The van der Waals surface area contributed by atoms with Crippen LogP contribution in [0.5, 0.6) is 0 Å². The third-order valence-electron chi connectivity index (χ3n) is 6.18. The highest BCUT2D eigenvalue weighted by molar-refractivity contribution is 7.13. The molecule has 9 heteroatoms. The second-order valence-electron chi connectivity index (χ2n) is 8.72. The number of benzene rings is 2. The Morgan fingerprint density at radius 1 is 1.11 bits per heavy atom. The number of hydrogen-bond acceptors (Lipinski definition) is 6. The first kappa shape index (κ1) is 27.5. The van der Waals surface area contributed by atoms with Crippen molar-refractivity contribution in [3.8, 4) is 0 Å². The third kappa shape index (κ3) is 5.67. The van der Waals surface area contributed by atoms with Gasteiger partial charge in [-0.25, -0.2) is 4.98 Å². The van der Waals surface area contributed by atoms with E-state index in [0.717, 1.165) is 16.8 Å². The van der Waals surface area contributed by atoms with Gasteiger partial charge < -0.3 is 10.6 Å². The van der Waals surface area contributed by atoms with Crippen molar-refractivity contribution in [1.29, 1.82) is 0 Å². The van der Waals surface area contributed by atoms with Crippen LogP contribution in [-0.2, 0) is 6.54 Å². The minimum atomic E-state index is -0.393. The highest BCUT2D eigenvalue weighted by Gasteiger charge is 2.29. The van der Waals surface area contributed by atoms with Crippen molar-refractivity contribution in [1.82, 2.24) is 18.8 Å². The molecule has 0 saturated carbocycles. The Balaban J connectivity index is 0.00000361. The number of hydrogen-bond donors (Lipinski definition) is 1. The Bertz CT molecular complexity index is 1370. The summed E-state index contributed by atoms with van der Waals surface area (Å²) in [5.41, 5.74) is 9.74. The molecule has 0 saturated heterocycles. The SMILES string of the molecule is CCC(c1nc2c(C)nsc2c(=O)n1Cc1ccccc1)N(CCCN)C(=O)c1ccc(C)cc1.Cl. The average molecular weight is 526 g/mol. The molecule has 2 heterocycles. The first-order valence-corrected chi connectivity index (χ1v) is 12.7. The van der Waals surface area contributed by atoms with Gasteiger partial charge in [-0.3, -0.25) is 14.2 Å². The smallest absolute Gasteiger partial charge is 0.273 e. The van der Waals surface area contributed by atoms with Gasteiger partial charge in [-0.15, -0.1) is 12.4 Å². The highest BCUT2D eigenvalue weighted by atomic mass is 35.5. The van der Waals surface area contributed by atoms with Crippen molar-refractivity contribution in [2.75, 3.05) is 13.1 Å². The zero-order valence-electron chi connectivity index (χ0n) is 20.8. The van der Waals surface area contributed by atoms with Crippen LogP contribution in [0.25, 0.3) is 10.2 Å². The van der Waals surface area contributed by atoms with E-state index in [2.05, 4.69) is 4.37 Å². The van der Waals surface area contributed by atoms with Gasteiger partial charge in [0, 0.05) is 12.1 Å². The zero-order valence-corrected chi connectivity index (χ0v) is 22.4. The zero-order chi connectivity index (χ0) is 24.9. The summed E-state index contributed by atoms with van der Waals surface area (Å²) in [6, 6.07) is 17.0. The molecule has 4 rings (SSSR count). The number of carbonyl (C=O) groups is 1. The predicted octanol–water partition coefficient (Wildman–Crippen LogP) is 4.88. The van der Waals surface area contributed by atoms with Crippen LogP contribution >= 0.6 is 23.9 Å². The molecule has 2 N–H and O–H groups in total. The quantitative estimate of drug-likeness (QED) is 0.336. The molecule has 0 radical (unpaired) electrons. The Morgan fingerprint density at radius 2 is 1.81 bits per heavy atom. The Labute approximate surface area is 221 Å². The molecule has 1 amide bonds. The molecular formula is C27H32ClN5O2S. The summed E-state index contributed by atoms with van der Waals surface area (Å²) in [6.45, 7) is 7.18. The van der Waals surface area contributed by atoms with Crippen LogP contribution < -0.4 is 11.3 Å². The maximum atomic E-state index is 13.7. The normalized spacial score (nSPS) is 11.8. The van der Waals surface area contributed by atoms with Crippen LogP contribution in [0, 0.1) is 13.8 Å². The number of amides is 1. The summed E-state index contributed by atoms with van der Waals surface area (Å²) in [6.07, 6.45) is 1.25. The van der Waals surface area contributed by atoms with Gasteiger partial charge >= 0.3 is 0 Å². The van der Waals surface area contributed by atoms with Gasteiger partial charge in [0.15, 0.2) is 0 Å². The Kier molecular flexibility index (Phi) is 9.37. The van der Waals surface area contributed by atoms with Gasteiger partial charge in [0.25, 0.3) is 11.5 Å². The number of fused-ring (bicyclic) bond motifs is 1. The van der Waals surface area contributed by atoms with E-state index in [0.29, 0.717) is 54.1 Å². The number of carbonyl (C=O) groups excluding carboxylic acids is 1.